The lowest BCUT2D eigenvalue weighted by Crippen LogP contribution is -2.28. The topological polar surface area (TPSA) is 70.7 Å². The molecule has 0 fully saturated rings. The second kappa shape index (κ2) is 8.58. The smallest absolute Gasteiger partial charge is 0.221 e. The Hall–Kier alpha value is -3.98. The fourth-order valence-corrected chi connectivity index (χ4v) is 3.46. The maximum absolute atomic E-state index is 14.0. The van der Waals surface area contributed by atoms with Gasteiger partial charge in [-0.25, -0.2) is 9.37 Å². The van der Waals surface area contributed by atoms with Gasteiger partial charge in [-0.3, -0.25) is 9.36 Å². The zero-order valence-electron chi connectivity index (χ0n) is 16.1. The van der Waals surface area contributed by atoms with E-state index in [0.29, 0.717) is 6.42 Å². The highest BCUT2D eigenvalue weighted by atomic mass is 19.1. The molecule has 1 N–H and O–H groups in total. The summed E-state index contributed by atoms with van der Waals surface area (Å²) in [5.74, 6) is -0.108. The van der Waals surface area contributed by atoms with Crippen molar-refractivity contribution in [1.29, 1.82) is 5.26 Å². The van der Waals surface area contributed by atoms with Crippen LogP contribution < -0.4 is 5.32 Å². The third kappa shape index (κ3) is 3.91. The first-order valence-electron chi connectivity index (χ1n) is 9.62. The third-order valence-corrected chi connectivity index (χ3v) is 4.87. The minimum Gasteiger partial charge on any atom is -0.337 e. The molecule has 3 aromatic carbocycles. The predicted molar refractivity (Wildman–Crippen MR) is 112 cm³/mol. The van der Waals surface area contributed by atoms with E-state index in [1.807, 2.05) is 65.2 Å². The molecule has 148 valence electrons. The molecule has 0 aliphatic heterocycles. The first-order valence-corrected chi connectivity index (χ1v) is 9.62. The van der Waals surface area contributed by atoms with Crippen LogP contribution in [0.1, 0.15) is 23.9 Å². The molecule has 0 bridgehead atoms. The molecule has 30 heavy (non-hydrogen) atoms. The zero-order chi connectivity index (χ0) is 20.9. The maximum Gasteiger partial charge on any atom is 0.221 e. The second-order valence-electron chi connectivity index (χ2n) is 6.84. The van der Waals surface area contributed by atoms with Gasteiger partial charge in [0.25, 0.3) is 0 Å². The van der Waals surface area contributed by atoms with Crippen molar-refractivity contribution in [2.45, 2.75) is 18.9 Å². The molecule has 4 rings (SSSR count). The standard InChI is InChI=1S/C24H19FN4O/c25-19-11-5-4-10-18(19)21(16-26)28-24(30)15-14-23-27-20-12-6-7-13-22(20)29(23)17-8-2-1-3-9-17/h1-13,21H,14-15H2,(H,28,30). The number of imidazole rings is 1. The highest BCUT2D eigenvalue weighted by molar-refractivity contribution is 5.79. The van der Waals surface area contributed by atoms with E-state index in [2.05, 4.69) is 5.32 Å². The van der Waals surface area contributed by atoms with Gasteiger partial charge in [-0.05, 0) is 30.3 Å². The first-order chi connectivity index (χ1) is 14.7. The summed E-state index contributed by atoms with van der Waals surface area (Å²) in [5.41, 5.74) is 2.92. The Kier molecular flexibility index (Phi) is 5.53. The summed E-state index contributed by atoms with van der Waals surface area (Å²) in [7, 11) is 0. The van der Waals surface area contributed by atoms with Gasteiger partial charge in [0.15, 0.2) is 0 Å². The van der Waals surface area contributed by atoms with Gasteiger partial charge in [0.2, 0.25) is 5.91 Å². The van der Waals surface area contributed by atoms with Gasteiger partial charge in [0.1, 0.15) is 17.7 Å². The fraction of sp³-hybridized carbons (Fsp3) is 0.125. The number of amides is 1. The number of carbonyl (C=O) groups excluding carboxylic acids is 1. The number of para-hydroxylation sites is 3. The van der Waals surface area contributed by atoms with Gasteiger partial charge >= 0.3 is 0 Å². The van der Waals surface area contributed by atoms with Crippen LogP contribution in [0.4, 0.5) is 4.39 Å². The van der Waals surface area contributed by atoms with E-state index >= 15 is 0 Å². The summed E-state index contributed by atoms with van der Waals surface area (Å²) in [6, 6.07) is 24.5. The number of halogens is 1. The molecule has 6 heteroatoms. The quantitative estimate of drug-likeness (QED) is 0.521. The molecule has 0 saturated heterocycles. The molecule has 4 aromatic rings. The number of hydrogen-bond donors (Lipinski definition) is 1. The Morgan fingerprint density at radius 3 is 2.50 bits per heavy atom. The van der Waals surface area contributed by atoms with Crippen molar-refractivity contribution in [3.63, 3.8) is 0 Å². The highest BCUT2D eigenvalue weighted by Crippen LogP contribution is 2.22. The van der Waals surface area contributed by atoms with Crippen molar-refractivity contribution in [3.05, 3.63) is 96.1 Å². The third-order valence-electron chi connectivity index (χ3n) is 4.87. The van der Waals surface area contributed by atoms with Gasteiger partial charge in [-0.2, -0.15) is 5.26 Å². The van der Waals surface area contributed by atoms with Gasteiger partial charge in [-0.1, -0.05) is 48.5 Å². The van der Waals surface area contributed by atoms with Crippen molar-refractivity contribution in [1.82, 2.24) is 14.9 Å². The molecule has 5 nitrogen and oxygen atoms in total. The second-order valence-corrected chi connectivity index (χ2v) is 6.84. The molecular weight excluding hydrogens is 379 g/mol. The molecule has 1 atom stereocenters. The number of benzene rings is 3. The Morgan fingerprint density at radius 1 is 1.03 bits per heavy atom. The molecule has 1 heterocycles. The van der Waals surface area contributed by atoms with E-state index in [4.69, 9.17) is 4.98 Å². The summed E-state index contributed by atoms with van der Waals surface area (Å²) in [4.78, 5) is 17.2. The van der Waals surface area contributed by atoms with Crippen LogP contribution in [0.25, 0.3) is 16.7 Å². The molecule has 0 aliphatic carbocycles. The van der Waals surface area contributed by atoms with Crippen molar-refractivity contribution in [2.24, 2.45) is 0 Å². The van der Waals surface area contributed by atoms with Crippen molar-refractivity contribution in [2.75, 3.05) is 0 Å². The Balaban J connectivity index is 1.55. The number of rotatable bonds is 6. The number of nitrogens with zero attached hydrogens (tertiary/aromatic N) is 3. The van der Waals surface area contributed by atoms with Crippen molar-refractivity contribution < 1.29 is 9.18 Å². The van der Waals surface area contributed by atoms with Crippen LogP contribution in [0.3, 0.4) is 0 Å². The monoisotopic (exact) mass is 398 g/mol. The highest BCUT2D eigenvalue weighted by Gasteiger charge is 2.18. The van der Waals surface area contributed by atoms with Gasteiger partial charge in [0.05, 0.1) is 17.1 Å². The van der Waals surface area contributed by atoms with Crippen LogP contribution >= 0.6 is 0 Å². The van der Waals surface area contributed by atoms with Crippen LogP contribution in [-0.4, -0.2) is 15.5 Å². The average Bonchev–Trinajstić information content (AvgIpc) is 3.15. The number of carbonyl (C=O) groups is 1. The van der Waals surface area contributed by atoms with Gasteiger partial charge in [-0.15, -0.1) is 0 Å². The van der Waals surface area contributed by atoms with E-state index in [9.17, 15) is 14.4 Å². The fourth-order valence-electron chi connectivity index (χ4n) is 3.46. The zero-order valence-corrected chi connectivity index (χ0v) is 16.1. The predicted octanol–water partition coefficient (Wildman–Crippen LogP) is 4.48. The first kappa shape index (κ1) is 19.3. The number of aromatic nitrogens is 2. The summed E-state index contributed by atoms with van der Waals surface area (Å²) in [6.45, 7) is 0. The van der Waals surface area contributed by atoms with E-state index < -0.39 is 11.9 Å². The Morgan fingerprint density at radius 2 is 1.73 bits per heavy atom. The van der Waals surface area contributed by atoms with Crippen LogP contribution in [-0.2, 0) is 11.2 Å². The van der Waals surface area contributed by atoms with E-state index in [0.717, 1.165) is 22.5 Å². The Bertz CT molecular complexity index is 1230. The maximum atomic E-state index is 14.0. The number of nitriles is 1. The molecule has 1 unspecified atom stereocenters. The lowest BCUT2D eigenvalue weighted by Gasteiger charge is -2.13. The molecule has 0 saturated carbocycles. The summed E-state index contributed by atoms with van der Waals surface area (Å²) in [6.07, 6.45) is 0.508. The summed E-state index contributed by atoms with van der Waals surface area (Å²) in [5, 5.41) is 12.0. The number of aryl methyl sites for hydroxylation is 1. The minimum atomic E-state index is -1.04. The molecule has 0 aliphatic rings. The van der Waals surface area contributed by atoms with Crippen molar-refractivity contribution in [3.8, 4) is 11.8 Å². The van der Waals surface area contributed by atoms with Crippen LogP contribution in [0.5, 0.6) is 0 Å². The lowest BCUT2D eigenvalue weighted by atomic mass is 10.1. The molecule has 0 spiro atoms. The Labute approximate surface area is 173 Å². The largest absolute Gasteiger partial charge is 0.337 e. The van der Waals surface area contributed by atoms with E-state index in [1.54, 1.807) is 12.1 Å². The molecule has 1 amide bonds. The van der Waals surface area contributed by atoms with Crippen LogP contribution in [0.15, 0.2) is 78.9 Å². The van der Waals surface area contributed by atoms with Crippen LogP contribution in [0.2, 0.25) is 0 Å². The number of fused-ring (bicyclic) bond motifs is 1. The number of hydrogen-bond acceptors (Lipinski definition) is 3. The van der Waals surface area contributed by atoms with Crippen LogP contribution in [0, 0.1) is 17.1 Å². The normalized spacial score (nSPS) is 11.7. The summed E-state index contributed by atoms with van der Waals surface area (Å²) < 4.78 is 16.0. The summed E-state index contributed by atoms with van der Waals surface area (Å²) >= 11 is 0. The number of nitrogens with one attached hydrogen (secondary N) is 1. The molecular formula is C24H19FN4O. The van der Waals surface area contributed by atoms with Crippen molar-refractivity contribution >= 4 is 16.9 Å². The molecule has 0 radical (unpaired) electrons. The minimum absolute atomic E-state index is 0.128. The SMILES string of the molecule is N#CC(NC(=O)CCc1nc2ccccc2n1-c1ccccc1)c1ccccc1F. The average molecular weight is 398 g/mol. The van der Waals surface area contributed by atoms with E-state index in [1.165, 1.54) is 12.1 Å². The van der Waals surface area contributed by atoms with E-state index in [-0.39, 0.29) is 17.9 Å². The molecule has 1 aromatic heterocycles. The lowest BCUT2D eigenvalue weighted by molar-refractivity contribution is -0.121. The van der Waals surface area contributed by atoms with Gasteiger partial charge in [0, 0.05) is 24.1 Å². The van der Waals surface area contributed by atoms with Gasteiger partial charge < -0.3 is 5.32 Å².